The predicted octanol–water partition coefficient (Wildman–Crippen LogP) is 1.12. The van der Waals surface area contributed by atoms with Gasteiger partial charge in [-0.1, -0.05) is 41.8 Å². The van der Waals surface area contributed by atoms with Crippen molar-refractivity contribution >= 4 is 23.5 Å². The van der Waals surface area contributed by atoms with Gasteiger partial charge in [0.05, 0.1) is 13.2 Å². The monoisotopic (exact) mass is 692 g/mol. The van der Waals surface area contributed by atoms with Crippen LogP contribution in [0.1, 0.15) is 48.5 Å². The van der Waals surface area contributed by atoms with Crippen molar-refractivity contribution in [1.82, 2.24) is 10.6 Å². The van der Waals surface area contributed by atoms with Gasteiger partial charge in [-0.2, -0.15) is 0 Å². The van der Waals surface area contributed by atoms with Crippen LogP contribution in [-0.2, 0) is 25.5 Å². The van der Waals surface area contributed by atoms with Gasteiger partial charge in [0.1, 0.15) is 61.6 Å². The van der Waals surface area contributed by atoms with Crippen LogP contribution >= 0.6 is 11.6 Å². The fourth-order valence-electron chi connectivity index (χ4n) is 5.35. The second-order valence-electron chi connectivity index (χ2n) is 11.5. The van der Waals surface area contributed by atoms with E-state index in [-0.39, 0.29) is 18.7 Å². The van der Waals surface area contributed by atoms with Gasteiger partial charge < -0.3 is 55.5 Å². The second kappa shape index (κ2) is 20.3. The lowest BCUT2D eigenvalue weighted by Gasteiger charge is -2.40. The van der Waals surface area contributed by atoms with E-state index in [9.17, 15) is 30.0 Å². The van der Waals surface area contributed by atoms with E-state index in [1.54, 1.807) is 18.2 Å². The molecule has 0 unspecified atom stereocenters. The highest BCUT2D eigenvalue weighted by molar-refractivity contribution is 6.31. The highest BCUT2D eigenvalue weighted by atomic mass is 35.5. The van der Waals surface area contributed by atoms with Gasteiger partial charge in [-0.25, -0.2) is 0 Å². The summed E-state index contributed by atoms with van der Waals surface area (Å²) in [5.41, 5.74) is 2.39. The zero-order valence-electron chi connectivity index (χ0n) is 26.5. The number of aliphatic hydroxyl groups is 4. The van der Waals surface area contributed by atoms with Gasteiger partial charge in [0.2, 0.25) is 0 Å². The number of carbonyl (C=O) groups is 2. The largest absolute Gasteiger partial charge is 0.491 e. The lowest BCUT2D eigenvalue weighted by atomic mass is 9.90. The van der Waals surface area contributed by atoms with Crippen molar-refractivity contribution < 1.29 is 54.4 Å². The molecule has 0 amide bonds. The number of benzene rings is 2. The van der Waals surface area contributed by atoms with E-state index in [0.29, 0.717) is 36.0 Å². The van der Waals surface area contributed by atoms with E-state index in [4.69, 9.17) is 42.4 Å². The molecule has 3 fully saturated rings. The van der Waals surface area contributed by atoms with E-state index < -0.39 is 49.1 Å². The number of rotatable bonds is 11. The maximum atomic E-state index is 10.4. The molecule has 0 saturated carbocycles. The Labute approximate surface area is 284 Å². The number of halogens is 1. The maximum absolute atomic E-state index is 10.4. The van der Waals surface area contributed by atoms with Crippen LogP contribution in [0.5, 0.6) is 5.75 Å². The summed E-state index contributed by atoms with van der Waals surface area (Å²) in [6.45, 7) is 2.30. The molecule has 2 aromatic carbocycles. The third kappa shape index (κ3) is 12.0. The molecule has 0 spiro atoms. The Kier molecular flexibility index (Phi) is 16.5. The van der Waals surface area contributed by atoms with Crippen LogP contribution in [0.2, 0.25) is 5.02 Å². The van der Waals surface area contributed by atoms with Gasteiger partial charge in [0.25, 0.3) is 0 Å². The van der Waals surface area contributed by atoms with Gasteiger partial charge in [-0.15, -0.1) is 6.42 Å². The molecule has 13 nitrogen and oxygen atoms in total. The van der Waals surface area contributed by atoms with Gasteiger partial charge >= 0.3 is 11.9 Å². The maximum Gasteiger partial charge on any atom is 0.320 e. The van der Waals surface area contributed by atoms with Crippen LogP contribution in [0.15, 0.2) is 42.5 Å². The number of terminal acetylenes is 1. The van der Waals surface area contributed by atoms with Crippen molar-refractivity contribution in [2.45, 2.75) is 74.7 Å². The first kappa shape index (κ1) is 39.2. The first-order valence-corrected chi connectivity index (χ1v) is 16.2. The normalized spacial score (nSPS) is 26.3. The lowest BCUT2D eigenvalue weighted by molar-refractivity contribution is -0.231. The quantitative estimate of drug-likeness (QED) is 0.123. The van der Waals surface area contributed by atoms with Gasteiger partial charge in [-0.05, 0) is 80.1 Å². The number of nitrogens with one attached hydrogen (secondary N) is 2. The van der Waals surface area contributed by atoms with E-state index in [1.807, 2.05) is 24.3 Å². The predicted molar refractivity (Wildman–Crippen MR) is 176 cm³/mol. The fraction of sp³-hybridized carbons (Fsp3) is 0.529. The number of carboxylic acid groups (broad SMARTS) is 2. The van der Waals surface area contributed by atoms with Gasteiger partial charge in [0, 0.05) is 5.02 Å². The fourth-order valence-corrected chi connectivity index (χ4v) is 5.53. The Balaban J connectivity index is 0.000000316. The van der Waals surface area contributed by atoms with Crippen LogP contribution in [0, 0.1) is 12.3 Å². The average Bonchev–Trinajstić information content (AvgIpc) is 3.83. The molecule has 0 radical (unpaired) electrons. The van der Waals surface area contributed by atoms with Crippen molar-refractivity contribution in [2.75, 3.05) is 39.5 Å². The second-order valence-corrected chi connectivity index (χ2v) is 11.9. The summed E-state index contributed by atoms with van der Waals surface area (Å²) in [5, 5.41) is 62.8. The van der Waals surface area contributed by atoms with Crippen LogP contribution in [0.25, 0.3) is 0 Å². The Bertz CT molecular complexity index is 1300. The van der Waals surface area contributed by atoms with Crippen LogP contribution in [0.3, 0.4) is 0 Å². The summed E-state index contributed by atoms with van der Waals surface area (Å²) < 4.78 is 16.4. The highest BCUT2D eigenvalue weighted by Gasteiger charge is 2.44. The minimum absolute atomic E-state index is 0.255. The summed E-state index contributed by atoms with van der Waals surface area (Å²) in [5.74, 6) is 1.66. The number of hydrogen-bond donors (Lipinski definition) is 8. The van der Waals surface area contributed by atoms with E-state index in [0.717, 1.165) is 49.9 Å². The molecular weight excluding hydrogens is 648 g/mol. The van der Waals surface area contributed by atoms with Crippen molar-refractivity contribution in [3.63, 3.8) is 0 Å². The van der Waals surface area contributed by atoms with E-state index >= 15 is 0 Å². The molecule has 264 valence electrons. The molecule has 0 aliphatic carbocycles. The minimum atomic E-state index is -1.44. The van der Waals surface area contributed by atoms with Gasteiger partial charge in [-0.3, -0.25) is 9.59 Å². The Morgan fingerprint density at radius 3 is 2.04 bits per heavy atom. The number of aliphatic carboxylic acids is 2. The number of ether oxygens (including phenoxy) is 3. The molecule has 8 N–H and O–H groups in total. The Morgan fingerprint density at radius 2 is 1.54 bits per heavy atom. The standard InChI is InChI=1S/C24H27ClO7.2C5H9NO2/c1-2-9-30-10-11-31-18-6-3-15(4-7-18)12-17-13-16(5-8-19(17)25)24-23(29)22(28)21(27)20(14-26)32-24;2*7-5(8)4-2-1-3-6-4/h1,3-8,13,20-24,26-29H,9-12,14H2;2*4,6H,1-3H2,(H,7,8)/t20-,21-,22+,23-,24+;2*4-/m100/s1. The molecule has 5 rings (SSSR count). The molecule has 7 atom stereocenters. The van der Waals surface area contributed by atoms with Crippen LogP contribution < -0.4 is 15.4 Å². The molecule has 2 aromatic rings. The topological polar surface area (TPSA) is 207 Å². The van der Waals surface area contributed by atoms with Crippen LogP contribution in [-0.4, -0.2) is 119 Å². The summed E-state index contributed by atoms with van der Waals surface area (Å²) >= 11 is 6.39. The smallest absolute Gasteiger partial charge is 0.320 e. The summed E-state index contributed by atoms with van der Waals surface area (Å²) in [6.07, 6.45) is 3.15. The van der Waals surface area contributed by atoms with Crippen molar-refractivity contribution in [1.29, 1.82) is 0 Å². The summed E-state index contributed by atoms with van der Waals surface area (Å²) in [6, 6.07) is 12.2. The minimum Gasteiger partial charge on any atom is -0.491 e. The van der Waals surface area contributed by atoms with E-state index in [2.05, 4.69) is 16.6 Å². The third-order valence-corrected chi connectivity index (χ3v) is 8.38. The molecule has 14 heteroatoms. The molecule has 3 saturated heterocycles. The Hall–Kier alpha value is -3.29. The summed E-state index contributed by atoms with van der Waals surface area (Å²) in [7, 11) is 0. The third-order valence-electron chi connectivity index (χ3n) is 8.01. The molecule has 3 aliphatic heterocycles. The SMILES string of the molecule is C#CCOCCOc1ccc(Cc2cc([C@@H]3O[C@H](CO)[C@@H](O)[C@H](O)[C@H]3O)ccc2Cl)cc1.O=C(O)[C@@H]1CCCN1.O=C(O)[C@@H]1CCCN1. The zero-order chi connectivity index (χ0) is 35.1. The van der Waals surface area contributed by atoms with Gasteiger partial charge in [0.15, 0.2) is 0 Å². The Morgan fingerprint density at radius 1 is 0.917 bits per heavy atom. The first-order valence-electron chi connectivity index (χ1n) is 15.8. The number of aliphatic hydroxyl groups excluding tert-OH is 4. The van der Waals surface area contributed by atoms with Crippen molar-refractivity contribution in [3.8, 4) is 18.1 Å². The number of carboxylic acids is 2. The molecular formula is C34H45ClN2O11. The molecule has 3 heterocycles. The van der Waals surface area contributed by atoms with Crippen molar-refractivity contribution in [2.24, 2.45) is 0 Å². The lowest BCUT2D eigenvalue weighted by Crippen LogP contribution is -2.55. The zero-order valence-corrected chi connectivity index (χ0v) is 27.3. The molecule has 0 aromatic heterocycles. The van der Waals surface area contributed by atoms with Crippen LogP contribution in [0.4, 0.5) is 0 Å². The molecule has 0 bridgehead atoms. The average molecular weight is 693 g/mol. The van der Waals surface area contributed by atoms with Crippen molar-refractivity contribution in [3.05, 3.63) is 64.2 Å². The summed E-state index contributed by atoms with van der Waals surface area (Å²) in [4.78, 5) is 20.3. The highest BCUT2D eigenvalue weighted by Crippen LogP contribution is 2.34. The van der Waals surface area contributed by atoms with E-state index in [1.165, 1.54) is 0 Å². The molecule has 48 heavy (non-hydrogen) atoms. The first-order chi connectivity index (χ1) is 23.0. The molecule has 3 aliphatic rings. The number of hydrogen-bond acceptors (Lipinski definition) is 11.